The maximum atomic E-state index is 11.2. The highest BCUT2D eigenvalue weighted by atomic mass is 79.9. The summed E-state index contributed by atoms with van der Waals surface area (Å²) in [6, 6.07) is 1.86. The number of hydrogen-bond donors (Lipinski definition) is 1. The predicted molar refractivity (Wildman–Crippen MR) is 68.3 cm³/mol. The van der Waals surface area contributed by atoms with E-state index in [0.29, 0.717) is 0 Å². The first-order chi connectivity index (χ1) is 6.83. The van der Waals surface area contributed by atoms with Gasteiger partial charge < -0.3 is 5.32 Å². The van der Waals surface area contributed by atoms with Crippen LogP contribution in [0.4, 0.5) is 0 Å². The van der Waals surface area contributed by atoms with Gasteiger partial charge in [0, 0.05) is 20.5 Å². The van der Waals surface area contributed by atoms with E-state index < -0.39 is 9.84 Å². The minimum absolute atomic E-state index is 0.116. The summed E-state index contributed by atoms with van der Waals surface area (Å²) in [6.07, 6.45) is 1.26. The van der Waals surface area contributed by atoms with E-state index in [9.17, 15) is 8.42 Å². The zero-order chi connectivity index (χ0) is 11.6. The molecule has 0 saturated heterocycles. The number of hydrogen-bond acceptors (Lipinski definition) is 4. The van der Waals surface area contributed by atoms with Gasteiger partial charge >= 0.3 is 0 Å². The van der Waals surface area contributed by atoms with Gasteiger partial charge in [-0.2, -0.15) is 0 Å². The molecule has 1 atom stereocenters. The van der Waals surface area contributed by atoms with E-state index in [1.807, 2.05) is 13.0 Å². The summed E-state index contributed by atoms with van der Waals surface area (Å²) in [5.41, 5.74) is 0. The molecule has 0 fully saturated rings. The van der Waals surface area contributed by atoms with E-state index in [0.717, 1.165) is 9.35 Å². The normalized spacial score (nSPS) is 14.1. The van der Waals surface area contributed by atoms with E-state index in [4.69, 9.17) is 0 Å². The van der Waals surface area contributed by atoms with Crippen molar-refractivity contribution in [2.45, 2.75) is 13.0 Å². The highest BCUT2D eigenvalue weighted by Gasteiger charge is 2.18. The molecule has 0 aliphatic heterocycles. The van der Waals surface area contributed by atoms with Crippen molar-refractivity contribution in [2.24, 2.45) is 0 Å². The van der Waals surface area contributed by atoms with Crippen LogP contribution in [-0.2, 0) is 9.84 Å². The zero-order valence-corrected chi connectivity index (χ0v) is 12.1. The molecule has 0 aliphatic rings. The number of aryl methyl sites for hydroxylation is 1. The van der Waals surface area contributed by atoms with Crippen LogP contribution in [0.5, 0.6) is 0 Å². The molecule has 0 aliphatic carbocycles. The maximum Gasteiger partial charge on any atom is 0.149 e. The topological polar surface area (TPSA) is 46.2 Å². The number of halogens is 1. The molecule has 1 aromatic rings. The Bertz CT molecular complexity index is 419. The minimum atomic E-state index is -2.96. The van der Waals surface area contributed by atoms with Crippen molar-refractivity contribution in [1.29, 1.82) is 0 Å². The second-order valence-electron chi connectivity index (χ2n) is 3.49. The summed E-state index contributed by atoms with van der Waals surface area (Å²) in [4.78, 5) is 2.21. The molecule has 6 heteroatoms. The van der Waals surface area contributed by atoms with Crippen LogP contribution in [0.3, 0.4) is 0 Å². The van der Waals surface area contributed by atoms with Crippen molar-refractivity contribution >= 4 is 37.1 Å². The van der Waals surface area contributed by atoms with Gasteiger partial charge in [0.1, 0.15) is 9.84 Å². The molecule has 1 N–H and O–H groups in total. The Hall–Kier alpha value is 0.0900. The Balaban J connectivity index is 2.93. The number of thiophene rings is 1. The fourth-order valence-electron chi connectivity index (χ4n) is 1.26. The molecule has 0 aromatic carbocycles. The third-order valence-electron chi connectivity index (χ3n) is 2.04. The van der Waals surface area contributed by atoms with Crippen LogP contribution < -0.4 is 5.32 Å². The average Bonchev–Trinajstić information content (AvgIpc) is 2.41. The monoisotopic (exact) mass is 311 g/mol. The fourth-order valence-corrected chi connectivity index (χ4v) is 3.99. The average molecular weight is 312 g/mol. The molecular weight excluding hydrogens is 298 g/mol. The second kappa shape index (κ2) is 4.95. The number of sulfone groups is 1. The number of rotatable bonds is 4. The molecule has 15 heavy (non-hydrogen) atoms. The lowest BCUT2D eigenvalue weighted by molar-refractivity contribution is 0.582. The molecule has 0 saturated carbocycles. The summed E-state index contributed by atoms with van der Waals surface area (Å²) in [6.45, 7) is 2.01. The Labute approximate surface area is 103 Å². The van der Waals surface area contributed by atoms with Crippen LogP contribution >= 0.6 is 27.3 Å². The molecule has 0 amide bonds. The minimum Gasteiger partial charge on any atom is -0.311 e. The standard InChI is InChI=1S/C9H14BrNO2S2/c1-6-7(10)4-9(14-6)8(11-2)5-15(3,12)13/h4,8,11H,5H2,1-3H3. The van der Waals surface area contributed by atoms with Crippen molar-refractivity contribution in [3.8, 4) is 0 Å². The summed E-state index contributed by atoms with van der Waals surface area (Å²) in [5, 5.41) is 3.03. The van der Waals surface area contributed by atoms with Gasteiger partial charge in [-0.15, -0.1) is 11.3 Å². The number of nitrogens with one attached hydrogen (secondary N) is 1. The third-order valence-corrected chi connectivity index (χ3v) is 5.23. The zero-order valence-electron chi connectivity index (χ0n) is 8.87. The quantitative estimate of drug-likeness (QED) is 0.926. The van der Waals surface area contributed by atoms with Gasteiger partial charge in [-0.3, -0.25) is 0 Å². The fraction of sp³-hybridized carbons (Fsp3) is 0.556. The van der Waals surface area contributed by atoms with Gasteiger partial charge in [-0.05, 0) is 36.0 Å². The van der Waals surface area contributed by atoms with Crippen LogP contribution in [0.15, 0.2) is 10.5 Å². The lowest BCUT2D eigenvalue weighted by atomic mass is 10.3. The smallest absolute Gasteiger partial charge is 0.149 e. The van der Waals surface area contributed by atoms with Crippen LogP contribution in [0, 0.1) is 6.92 Å². The predicted octanol–water partition coefficient (Wildman–Crippen LogP) is 2.12. The molecule has 3 nitrogen and oxygen atoms in total. The first-order valence-electron chi connectivity index (χ1n) is 4.44. The van der Waals surface area contributed by atoms with E-state index >= 15 is 0 Å². The molecule has 1 aromatic heterocycles. The first kappa shape index (κ1) is 13.2. The molecule has 0 spiro atoms. The van der Waals surface area contributed by atoms with E-state index in [1.54, 1.807) is 18.4 Å². The molecule has 86 valence electrons. The lowest BCUT2D eigenvalue weighted by Gasteiger charge is -2.12. The largest absolute Gasteiger partial charge is 0.311 e. The summed E-state index contributed by atoms with van der Waals surface area (Å²) in [5.74, 6) is 0.135. The molecule has 1 unspecified atom stereocenters. The van der Waals surface area contributed by atoms with E-state index in [1.165, 1.54) is 11.1 Å². The van der Waals surface area contributed by atoms with Crippen LogP contribution in [0.25, 0.3) is 0 Å². The van der Waals surface area contributed by atoms with Crippen molar-refractivity contribution in [2.75, 3.05) is 19.1 Å². The van der Waals surface area contributed by atoms with Gasteiger partial charge in [0.05, 0.1) is 11.8 Å². The van der Waals surface area contributed by atoms with Crippen molar-refractivity contribution in [1.82, 2.24) is 5.32 Å². The Morgan fingerprint density at radius 1 is 1.60 bits per heavy atom. The van der Waals surface area contributed by atoms with Gasteiger partial charge in [0.15, 0.2) is 0 Å². The van der Waals surface area contributed by atoms with E-state index in [-0.39, 0.29) is 11.8 Å². The first-order valence-corrected chi connectivity index (χ1v) is 8.11. The maximum absolute atomic E-state index is 11.2. The SMILES string of the molecule is CNC(CS(C)(=O)=O)c1cc(Br)c(C)s1. The lowest BCUT2D eigenvalue weighted by Crippen LogP contribution is -2.23. The molecule has 0 radical (unpaired) electrons. The molecule has 0 bridgehead atoms. The summed E-state index contributed by atoms with van der Waals surface area (Å²) >= 11 is 5.04. The molecule has 1 rings (SSSR count). The van der Waals surface area contributed by atoms with Crippen molar-refractivity contribution in [3.05, 3.63) is 20.3 Å². The second-order valence-corrected chi connectivity index (χ2v) is 7.81. The molecule has 1 heterocycles. The van der Waals surface area contributed by atoms with Crippen LogP contribution in [0.2, 0.25) is 0 Å². The van der Waals surface area contributed by atoms with E-state index in [2.05, 4.69) is 21.2 Å². The highest BCUT2D eigenvalue weighted by Crippen LogP contribution is 2.30. The van der Waals surface area contributed by atoms with Crippen molar-refractivity contribution < 1.29 is 8.42 Å². The third kappa shape index (κ3) is 3.86. The van der Waals surface area contributed by atoms with Gasteiger partial charge in [-0.25, -0.2) is 8.42 Å². The Morgan fingerprint density at radius 2 is 2.20 bits per heavy atom. The Morgan fingerprint density at radius 3 is 2.53 bits per heavy atom. The van der Waals surface area contributed by atoms with Gasteiger partial charge in [-0.1, -0.05) is 0 Å². The van der Waals surface area contributed by atoms with Crippen molar-refractivity contribution in [3.63, 3.8) is 0 Å². The molecular formula is C9H14BrNO2S2. The van der Waals surface area contributed by atoms with Gasteiger partial charge in [0.2, 0.25) is 0 Å². The summed E-state index contributed by atoms with van der Waals surface area (Å²) < 4.78 is 23.5. The Kier molecular flexibility index (Phi) is 4.34. The highest BCUT2D eigenvalue weighted by molar-refractivity contribution is 9.10. The van der Waals surface area contributed by atoms with Gasteiger partial charge in [0.25, 0.3) is 0 Å². The van der Waals surface area contributed by atoms with Crippen LogP contribution in [0.1, 0.15) is 15.8 Å². The van der Waals surface area contributed by atoms with Crippen LogP contribution in [-0.4, -0.2) is 27.5 Å². The summed E-state index contributed by atoms with van der Waals surface area (Å²) in [7, 11) is -1.18.